The standard InChI is InChI=1S/C12H8ClN3O/c13-10-5-2-6-11-12(10)15-16(14-11)8-3-1-4-9(17)7-8/h1-7,17H. The lowest BCUT2D eigenvalue weighted by Gasteiger charge is -1.98. The van der Waals surface area contributed by atoms with Crippen LogP contribution < -0.4 is 0 Å². The Morgan fingerprint density at radius 2 is 1.88 bits per heavy atom. The molecule has 0 amide bonds. The highest BCUT2D eigenvalue weighted by atomic mass is 35.5. The Labute approximate surface area is 102 Å². The molecule has 0 aliphatic heterocycles. The first-order valence-corrected chi connectivity index (χ1v) is 5.43. The molecule has 0 radical (unpaired) electrons. The first-order valence-electron chi connectivity index (χ1n) is 5.05. The van der Waals surface area contributed by atoms with Crippen molar-refractivity contribution in [1.82, 2.24) is 15.0 Å². The monoisotopic (exact) mass is 245 g/mol. The lowest BCUT2D eigenvalue weighted by atomic mass is 10.3. The summed E-state index contributed by atoms with van der Waals surface area (Å²) in [4.78, 5) is 1.45. The third-order valence-corrected chi connectivity index (χ3v) is 2.73. The van der Waals surface area contributed by atoms with Gasteiger partial charge >= 0.3 is 0 Å². The molecule has 0 unspecified atom stereocenters. The first-order chi connectivity index (χ1) is 8.24. The summed E-state index contributed by atoms with van der Waals surface area (Å²) in [6, 6.07) is 12.2. The van der Waals surface area contributed by atoms with Gasteiger partial charge in [-0.2, -0.15) is 4.80 Å². The maximum atomic E-state index is 9.41. The van der Waals surface area contributed by atoms with Crippen molar-refractivity contribution < 1.29 is 5.11 Å². The Bertz CT molecular complexity index is 693. The number of hydrogen-bond acceptors (Lipinski definition) is 3. The molecular weight excluding hydrogens is 238 g/mol. The van der Waals surface area contributed by atoms with Crippen LogP contribution in [-0.2, 0) is 0 Å². The molecule has 0 fully saturated rings. The summed E-state index contributed by atoms with van der Waals surface area (Å²) in [6.07, 6.45) is 0. The summed E-state index contributed by atoms with van der Waals surface area (Å²) in [6.45, 7) is 0. The molecule has 4 nitrogen and oxygen atoms in total. The van der Waals surface area contributed by atoms with Crippen molar-refractivity contribution in [2.24, 2.45) is 0 Å². The van der Waals surface area contributed by atoms with Gasteiger partial charge in [0.2, 0.25) is 0 Å². The molecular formula is C12H8ClN3O. The van der Waals surface area contributed by atoms with E-state index >= 15 is 0 Å². The summed E-state index contributed by atoms with van der Waals surface area (Å²) in [7, 11) is 0. The minimum absolute atomic E-state index is 0.176. The van der Waals surface area contributed by atoms with Gasteiger partial charge in [0.25, 0.3) is 0 Å². The molecule has 84 valence electrons. The molecule has 1 N–H and O–H groups in total. The van der Waals surface area contributed by atoms with Crippen molar-refractivity contribution in [3.8, 4) is 11.4 Å². The van der Waals surface area contributed by atoms with Gasteiger partial charge in [0, 0.05) is 6.07 Å². The zero-order valence-electron chi connectivity index (χ0n) is 8.71. The van der Waals surface area contributed by atoms with Crippen molar-refractivity contribution in [3.63, 3.8) is 0 Å². The van der Waals surface area contributed by atoms with E-state index in [2.05, 4.69) is 10.2 Å². The molecule has 3 rings (SSSR count). The molecule has 0 aliphatic rings. The zero-order chi connectivity index (χ0) is 11.8. The third-order valence-electron chi connectivity index (χ3n) is 2.42. The lowest BCUT2D eigenvalue weighted by molar-refractivity contribution is 0.474. The largest absolute Gasteiger partial charge is 0.508 e. The number of benzene rings is 2. The number of nitrogens with zero attached hydrogens (tertiary/aromatic N) is 3. The van der Waals surface area contributed by atoms with E-state index in [1.165, 1.54) is 4.80 Å². The van der Waals surface area contributed by atoms with Gasteiger partial charge in [-0.15, -0.1) is 10.2 Å². The van der Waals surface area contributed by atoms with Crippen molar-refractivity contribution in [3.05, 3.63) is 47.5 Å². The number of fused-ring (bicyclic) bond motifs is 1. The number of rotatable bonds is 1. The van der Waals surface area contributed by atoms with Gasteiger partial charge in [0.05, 0.1) is 10.7 Å². The maximum Gasteiger partial charge on any atom is 0.132 e. The number of halogens is 1. The van der Waals surface area contributed by atoms with E-state index in [4.69, 9.17) is 11.6 Å². The highest BCUT2D eigenvalue weighted by Crippen LogP contribution is 2.21. The Hall–Kier alpha value is -2.07. The number of hydrogen-bond donors (Lipinski definition) is 1. The minimum atomic E-state index is 0.176. The predicted molar refractivity (Wildman–Crippen MR) is 65.5 cm³/mol. The number of phenols is 1. The van der Waals surface area contributed by atoms with Crippen LogP contribution in [0, 0.1) is 0 Å². The Balaban J connectivity index is 2.22. The molecule has 0 saturated carbocycles. The molecule has 3 aromatic rings. The number of aromatic hydroxyl groups is 1. The van der Waals surface area contributed by atoms with Crippen molar-refractivity contribution in [2.75, 3.05) is 0 Å². The topological polar surface area (TPSA) is 50.9 Å². The predicted octanol–water partition coefficient (Wildman–Crippen LogP) is 2.78. The van der Waals surface area contributed by atoms with Crippen molar-refractivity contribution >= 4 is 22.6 Å². The second-order valence-corrected chi connectivity index (χ2v) is 4.02. The SMILES string of the molecule is Oc1cccc(-n2nc3cccc(Cl)c3n2)c1. The molecule has 5 heteroatoms. The summed E-state index contributed by atoms with van der Waals surface area (Å²) < 4.78 is 0. The normalized spacial score (nSPS) is 10.9. The highest BCUT2D eigenvalue weighted by Gasteiger charge is 2.07. The van der Waals surface area contributed by atoms with Gasteiger partial charge in [0.15, 0.2) is 0 Å². The minimum Gasteiger partial charge on any atom is -0.508 e. The highest BCUT2D eigenvalue weighted by molar-refractivity contribution is 6.34. The number of phenolic OH excluding ortho intramolecular Hbond substituents is 1. The fourth-order valence-corrected chi connectivity index (χ4v) is 1.84. The van der Waals surface area contributed by atoms with E-state index in [1.807, 2.05) is 18.2 Å². The third kappa shape index (κ3) is 1.72. The Kier molecular flexibility index (Phi) is 2.23. The average Bonchev–Trinajstić information content (AvgIpc) is 2.74. The van der Waals surface area contributed by atoms with Crippen molar-refractivity contribution in [2.45, 2.75) is 0 Å². The molecule has 1 heterocycles. The van der Waals surface area contributed by atoms with Gasteiger partial charge in [-0.3, -0.25) is 0 Å². The summed E-state index contributed by atoms with van der Waals surface area (Å²) in [5.41, 5.74) is 2.07. The molecule has 0 spiro atoms. The van der Waals surface area contributed by atoms with Crippen molar-refractivity contribution in [1.29, 1.82) is 0 Å². The Morgan fingerprint density at radius 1 is 1.06 bits per heavy atom. The molecule has 0 atom stereocenters. The van der Waals surface area contributed by atoms with E-state index in [9.17, 15) is 5.11 Å². The average molecular weight is 246 g/mol. The fourth-order valence-electron chi connectivity index (χ4n) is 1.64. The lowest BCUT2D eigenvalue weighted by Crippen LogP contribution is -1.97. The van der Waals surface area contributed by atoms with E-state index < -0.39 is 0 Å². The van der Waals surface area contributed by atoms with Gasteiger partial charge in [-0.25, -0.2) is 0 Å². The van der Waals surface area contributed by atoms with Gasteiger partial charge in [-0.05, 0) is 24.3 Å². The quantitative estimate of drug-likeness (QED) is 0.717. The zero-order valence-corrected chi connectivity index (χ0v) is 9.46. The van der Waals surface area contributed by atoms with E-state index in [0.717, 1.165) is 5.52 Å². The van der Waals surface area contributed by atoms with Gasteiger partial charge < -0.3 is 5.11 Å². The van der Waals surface area contributed by atoms with Crippen LogP contribution in [0.1, 0.15) is 0 Å². The molecule has 0 bridgehead atoms. The van der Waals surface area contributed by atoms with Crippen LogP contribution in [0.2, 0.25) is 5.02 Å². The fraction of sp³-hybridized carbons (Fsp3) is 0. The van der Waals surface area contributed by atoms with Crippen LogP contribution >= 0.6 is 11.6 Å². The van der Waals surface area contributed by atoms with Gasteiger partial charge in [0.1, 0.15) is 16.8 Å². The second-order valence-electron chi connectivity index (χ2n) is 3.62. The van der Waals surface area contributed by atoms with Crippen LogP contribution in [0.4, 0.5) is 0 Å². The summed E-state index contributed by atoms with van der Waals surface area (Å²) in [5, 5.41) is 18.6. The smallest absolute Gasteiger partial charge is 0.132 e. The first kappa shape index (κ1) is 10.1. The second kappa shape index (κ2) is 3.75. The van der Waals surface area contributed by atoms with Crippen LogP contribution in [0.25, 0.3) is 16.7 Å². The number of aromatic nitrogens is 3. The van der Waals surface area contributed by atoms with E-state index in [0.29, 0.717) is 16.2 Å². The summed E-state index contributed by atoms with van der Waals surface area (Å²) in [5.74, 6) is 0.176. The Morgan fingerprint density at radius 3 is 2.65 bits per heavy atom. The summed E-state index contributed by atoms with van der Waals surface area (Å²) >= 11 is 6.02. The van der Waals surface area contributed by atoms with Gasteiger partial charge in [-0.1, -0.05) is 23.7 Å². The van der Waals surface area contributed by atoms with Crippen LogP contribution in [0.3, 0.4) is 0 Å². The molecule has 1 aromatic heterocycles. The van der Waals surface area contributed by atoms with E-state index in [1.54, 1.807) is 24.3 Å². The van der Waals surface area contributed by atoms with E-state index in [-0.39, 0.29) is 5.75 Å². The molecule has 0 saturated heterocycles. The maximum absolute atomic E-state index is 9.41. The molecule has 17 heavy (non-hydrogen) atoms. The van der Waals surface area contributed by atoms with Crippen LogP contribution in [0.15, 0.2) is 42.5 Å². The molecule has 0 aliphatic carbocycles. The van der Waals surface area contributed by atoms with Crippen LogP contribution in [0.5, 0.6) is 5.75 Å². The molecule has 2 aromatic carbocycles. The van der Waals surface area contributed by atoms with Crippen LogP contribution in [-0.4, -0.2) is 20.1 Å².